The van der Waals surface area contributed by atoms with Crippen molar-refractivity contribution in [2.24, 2.45) is 0 Å². The molecule has 12 heavy (non-hydrogen) atoms. The molecule has 0 fully saturated rings. The Morgan fingerprint density at radius 1 is 1.67 bits per heavy atom. The van der Waals surface area contributed by atoms with Crippen LogP contribution < -0.4 is 5.32 Å². The summed E-state index contributed by atoms with van der Waals surface area (Å²) in [5.74, 6) is 0.940. The van der Waals surface area contributed by atoms with Gasteiger partial charge >= 0.3 is 0 Å². The fraction of sp³-hybridized carbons (Fsp3) is 0.556. The van der Waals surface area contributed by atoms with Crippen molar-refractivity contribution in [3.63, 3.8) is 0 Å². The van der Waals surface area contributed by atoms with Gasteiger partial charge in [-0.2, -0.15) is 0 Å². The predicted molar refractivity (Wildman–Crippen MR) is 46.8 cm³/mol. The average molecular weight is 169 g/mol. The Bertz CT molecular complexity index is 232. The van der Waals surface area contributed by atoms with Gasteiger partial charge in [-0.1, -0.05) is 0 Å². The molecule has 0 aromatic carbocycles. The Kier molecular flexibility index (Phi) is 3.31. The van der Waals surface area contributed by atoms with E-state index in [1.807, 2.05) is 19.9 Å². The summed E-state index contributed by atoms with van der Waals surface area (Å²) in [5.41, 5.74) is 1.15. The molecule has 0 spiro atoms. The van der Waals surface area contributed by atoms with E-state index in [9.17, 15) is 0 Å². The highest BCUT2D eigenvalue weighted by atomic mass is 16.3. The number of aryl methyl sites for hydroxylation is 1. The lowest BCUT2D eigenvalue weighted by molar-refractivity contribution is 0.248. The number of rotatable bonds is 4. The first kappa shape index (κ1) is 9.29. The fourth-order valence-electron chi connectivity index (χ4n) is 0.917. The van der Waals surface area contributed by atoms with Crippen LogP contribution in [0.15, 0.2) is 16.7 Å². The van der Waals surface area contributed by atoms with Crippen LogP contribution in [0.1, 0.15) is 18.2 Å². The summed E-state index contributed by atoms with van der Waals surface area (Å²) in [6, 6.07) is 2.05. The Balaban J connectivity index is 2.38. The molecule has 1 rings (SSSR count). The monoisotopic (exact) mass is 169 g/mol. The molecule has 0 amide bonds. The molecule has 1 aromatic rings. The minimum absolute atomic E-state index is 0.120. The Morgan fingerprint density at radius 2 is 2.42 bits per heavy atom. The second-order valence-electron chi connectivity index (χ2n) is 2.99. The zero-order valence-electron chi connectivity index (χ0n) is 7.50. The summed E-state index contributed by atoms with van der Waals surface area (Å²) < 4.78 is 5.22. The molecule has 0 aliphatic rings. The molecular weight excluding hydrogens is 154 g/mol. The smallest absolute Gasteiger partial charge is 0.120 e. The van der Waals surface area contributed by atoms with E-state index in [0.717, 1.165) is 11.3 Å². The van der Waals surface area contributed by atoms with E-state index in [1.54, 1.807) is 6.26 Å². The molecule has 1 unspecified atom stereocenters. The molecule has 0 aliphatic heterocycles. The highest BCUT2D eigenvalue weighted by molar-refractivity contribution is 5.14. The Labute approximate surface area is 72.4 Å². The van der Waals surface area contributed by atoms with Crippen LogP contribution in [0.25, 0.3) is 0 Å². The molecule has 3 nitrogen and oxygen atoms in total. The SMILES string of the molecule is Cc1ccoc1CNC(C)CO. The lowest BCUT2D eigenvalue weighted by Gasteiger charge is -2.08. The van der Waals surface area contributed by atoms with Crippen molar-refractivity contribution in [3.05, 3.63) is 23.7 Å². The van der Waals surface area contributed by atoms with Crippen LogP contribution in [-0.4, -0.2) is 17.8 Å². The van der Waals surface area contributed by atoms with Gasteiger partial charge in [0.05, 0.1) is 19.4 Å². The molecule has 0 saturated heterocycles. The summed E-state index contributed by atoms with van der Waals surface area (Å²) in [6.45, 7) is 4.77. The van der Waals surface area contributed by atoms with Crippen LogP contribution in [0, 0.1) is 6.92 Å². The summed E-state index contributed by atoms with van der Waals surface area (Å²) in [6.07, 6.45) is 1.68. The molecule has 3 heteroatoms. The highest BCUT2D eigenvalue weighted by Crippen LogP contribution is 2.07. The molecule has 68 valence electrons. The third-order valence-electron chi connectivity index (χ3n) is 1.85. The fourth-order valence-corrected chi connectivity index (χ4v) is 0.917. The molecule has 0 radical (unpaired) electrons. The normalized spacial score (nSPS) is 13.2. The summed E-state index contributed by atoms with van der Waals surface area (Å²) >= 11 is 0. The number of aliphatic hydroxyl groups excluding tert-OH is 1. The van der Waals surface area contributed by atoms with Crippen molar-refractivity contribution in [3.8, 4) is 0 Å². The van der Waals surface area contributed by atoms with Crippen LogP contribution >= 0.6 is 0 Å². The second-order valence-corrected chi connectivity index (χ2v) is 2.99. The van der Waals surface area contributed by atoms with Crippen molar-refractivity contribution >= 4 is 0 Å². The van der Waals surface area contributed by atoms with E-state index in [2.05, 4.69) is 5.32 Å². The molecule has 0 aliphatic carbocycles. The van der Waals surface area contributed by atoms with Gasteiger partial charge in [0, 0.05) is 6.04 Å². The molecular formula is C9H15NO2. The van der Waals surface area contributed by atoms with Gasteiger partial charge in [0.2, 0.25) is 0 Å². The van der Waals surface area contributed by atoms with E-state index in [-0.39, 0.29) is 12.6 Å². The second kappa shape index (κ2) is 4.28. The summed E-state index contributed by atoms with van der Waals surface area (Å²) in [5, 5.41) is 11.9. The minimum atomic E-state index is 0.120. The van der Waals surface area contributed by atoms with Crippen LogP contribution in [0.3, 0.4) is 0 Å². The molecule has 1 aromatic heterocycles. The van der Waals surface area contributed by atoms with Gasteiger partial charge in [-0.05, 0) is 25.5 Å². The molecule has 1 heterocycles. The standard InChI is InChI=1S/C9H15NO2/c1-7-3-4-12-9(7)5-10-8(2)6-11/h3-4,8,10-11H,5-6H2,1-2H3. The van der Waals surface area contributed by atoms with E-state index in [4.69, 9.17) is 9.52 Å². The molecule has 2 N–H and O–H groups in total. The average Bonchev–Trinajstić information content (AvgIpc) is 2.47. The number of nitrogens with one attached hydrogen (secondary N) is 1. The van der Waals surface area contributed by atoms with E-state index in [0.29, 0.717) is 6.54 Å². The lowest BCUT2D eigenvalue weighted by Crippen LogP contribution is -2.28. The summed E-state index contributed by atoms with van der Waals surface area (Å²) in [7, 11) is 0. The lowest BCUT2D eigenvalue weighted by atomic mass is 10.2. The quantitative estimate of drug-likeness (QED) is 0.708. The third-order valence-corrected chi connectivity index (χ3v) is 1.85. The maximum atomic E-state index is 8.74. The van der Waals surface area contributed by atoms with Crippen LogP contribution in [0.4, 0.5) is 0 Å². The minimum Gasteiger partial charge on any atom is -0.468 e. The topological polar surface area (TPSA) is 45.4 Å². The van der Waals surface area contributed by atoms with Crippen LogP contribution in [-0.2, 0) is 6.54 Å². The number of furan rings is 1. The van der Waals surface area contributed by atoms with Gasteiger partial charge in [-0.3, -0.25) is 0 Å². The van der Waals surface area contributed by atoms with Gasteiger partial charge < -0.3 is 14.8 Å². The highest BCUT2D eigenvalue weighted by Gasteiger charge is 2.03. The van der Waals surface area contributed by atoms with E-state index in [1.165, 1.54) is 0 Å². The maximum absolute atomic E-state index is 8.74. The Morgan fingerprint density at radius 3 is 2.92 bits per heavy atom. The van der Waals surface area contributed by atoms with Crippen molar-refractivity contribution in [1.82, 2.24) is 5.32 Å². The number of hydrogen-bond acceptors (Lipinski definition) is 3. The number of hydrogen-bond donors (Lipinski definition) is 2. The predicted octanol–water partition coefficient (Wildman–Crippen LogP) is 1.06. The summed E-state index contributed by atoms with van der Waals surface area (Å²) in [4.78, 5) is 0. The molecule has 1 atom stereocenters. The maximum Gasteiger partial charge on any atom is 0.120 e. The first-order valence-corrected chi connectivity index (χ1v) is 4.11. The zero-order chi connectivity index (χ0) is 8.97. The van der Waals surface area contributed by atoms with Crippen molar-refractivity contribution < 1.29 is 9.52 Å². The van der Waals surface area contributed by atoms with Crippen molar-refractivity contribution in [1.29, 1.82) is 0 Å². The van der Waals surface area contributed by atoms with Crippen LogP contribution in [0.5, 0.6) is 0 Å². The zero-order valence-corrected chi connectivity index (χ0v) is 7.50. The first-order chi connectivity index (χ1) is 5.74. The number of aliphatic hydroxyl groups is 1. The van der Waals surface area contributed by atoms with E-state index >= 15 is 0 Å². The molecule has 0 saturated carbocycles. The van der Waals surface area contributed by atoms with E-state index < -0.39 is 0 Å². The van der Waals surface area contributed by atoms with Crippen molar-refractivity contribution in [2.45, 2.75) is 26.4 Å². The Hall–Kier alpha value is -0.800. The van der Waals surface area contributed by atoms with Gasteiger partial charge in [-0.25, -0.2) is 0 Å². The van der Waals surface area contributed by atoms with Gasteiger partial charge in [0.15, 0.2) is 0 Å². The van der Waals surface area contributed by atoms with Gasteiger partial charge in [-0.15, -0.1) is 0 Å². The first-order valence-electron chi connectivity index (χ1n) is 4.11. The van der Waals surface area contributed by atoms with Gasteiger partial charge in [0.1, 0.15) is 5.76 Å². The van der Waals surface area contributed by atoms with Gasteiger partial charge in [0.25, 0.3) is 0 Å². The third kappa shape index (κ3) is 2.36. The largest absolute Gasteiger partial charge is 0.468 e. The van der Waals surface area contributed by atoms with Crippen molar-refractivity contribution in [2.75, 3.05) is 6.61 Å². The molecule has 0 bridgehead atoms. The van der Waals surface area contributed by atoms with Crippen LogP contribution in [0.2, 0.25) is 0 Å².